The highest BCUT2D eigenvalue weighted by molar-refractivity contribution is 6.10. The van der Waals surface area contributed by atoms with Gasteiger partial charge in [-0.25, -0.2) is 4.79 Å². The molecule has 3 amide bonds. The van der Waals surface area contributed by atoms with Crippen molar-refractivity contribution in [3.63, 3.8) is 0 Å². The minimum absolute atomic E-state index is 0.245. The largest absolute Gasteiger partial charge is 0.454 e. The molecular weight excluding hydrogens is 516 g/mol. The number of nitrogens with one attached hydrogen (secondary N) is 1. The first kappa shape index (κ1) is 26.9. The molecule has 3 atom stereocenters. The Morgan fingerprint density at radius 1 is 0.829 bits per heavy atom. The van der Waals surface area contributed by atoms with Gasteiger partial charge in [-0.1, -0.05) is 80.4 Å². The molecule has 1 N–H and O–H groups in total. The van der Waals surface area contributed by atoms with Gasteiger partial charge in [0.25, 0.3) is 5.91 Å². The fourth-order valence-corrected chi connectivity index (χ4v) is 7.06. The Morgan fingerprint density at radius 2 is 1.37 bits per heavy atom. The lowest BCUT2D eigenvalue weighted by Crippen LogP contribution is -2.47. The maximum absolute atomic E-state index is 14.1. The lowest BCUT2D eigenvalue weighted by Gasteiger charge is -2.45. The highest BCUT2D eigenvalue weighted by Crippen LogP contribution is 2.61. The SMILES string of the molecule is CCCC[C@@H](C(=O)OCC(=O)Nc1cccc(C)c1C)N1C(=O)[C@@H]2C3c4ccccc4C(c4ccccc43)[C@@H]2C1=O. The van der Waals surface area contributed by atoms with E-state index >= 15 is 0 Å². The van der Waals surface area contributed by atoms with E-state index in [2.05, 4.69) is 29.6 Å². The van der Waals surface area contributed by atoms with Gasteiger partial charge in [-0.2, -0.15) is 0 Å². The fraction of sp³-hybridized carbons (Fsp3) is 0.353. The van der Waals surface area contributed by atoms with Gasteiger partial charge >= 0.3 is 5.97 Å². The van der Waals surface area contributed by atoms with Gasteiger partial charge in [0.15, 0.2) is 6.61 Å². The number of hydrogen-bond donors (Lipinski definition) is 1. The zero-order valence-electron chi connectivity index (χ0n) is 23.6. The monoisotopic (exact) mass is 550 g/mol. The molecule has 0 unspecified atom stereocenters. The van der Waals surface area contributed by atoms with Crippen LogP contribution in [0.3, 0.4) is 0 Å². The Kier molecular flexibility index (Phi) is 6.98. The van der Waals surface area contributed by atoms with Gasteiger partial charge in [0.1, 0.15) is 6.04 Å². The van der Waals surface area contributed by atoms with E-state index in [0.717, 1.165) is 39.8 Å². The number of hydrogen-bond acceptors (Lipinski definition) is 5. The lowest BCUT2D eigenvalue weighted by molar-refractivity contribution is -0.160. The fourth-order valence-electron chi connectivity index (χ4n) is 7.06. The summed E-state index contributed by atoms with van der Waals surface area (Å²) in [7, 11) is 0. The maximum atomic E-state index is 14.1. The number of carbonyl (C=O) groups excluding carboxylic acids is 4. The van der Waals surface area contributed by atoms with Crippen molar-refractivity contribution in [2.75, 3.05) is 11.9 Å². The molecular formula is C34H34N2O5. The predicted octanol–water partition coefficient (Wildman–Crippen LogP) is 5.24. The molecule has 3 aromatic carbocycles. The molecule has 7 heteroatoms. The molecule has 0 saturated carbocycles. The van der Waals surface area contributed by atoms with Crippen molar-refractivity contribution in [1.29, 1.82) is 0 Å². The summed E-state index contributed by atoms with van der Waals surface area (Å²) in [6.45, 7) is 5.35. The number of rotatable bonds is 8. The van der Waals surface area contributed by atoms with E-state index in [0.29, 0.717) is 18.5 Å². The summed E-state index contributed by atoms with van der Waals surface area (Å²) in [4.78, 5) is 55.6. The molecule has 4 aliphatic rings. The second-order valence-electron chi connectivity index (χ2n) is 11.4. The Bertz CT molecular complexity index is 1450. The number of aryl methyl sites for hydroxylation is 1. The van der Waals surface area contributed by atoms with Crippen LogP contribution in [0, 0.1) is 25.7 Å². The number of imide groups is 1. The normalized spacial score (nSPS) is 22.6. The number of benzene rings is 3. The number of ether oxygens (including phenoxy) is 1. The summed E-state index contributed by atoms with van der Waals surface area (Å²) in [6, 6.07) is 20.6. The van der Waals surface area contributed by atoms with E-state index in [9.17, 15) is 19.2 Å². The van der Waals surface area contributed by atoms with Crippen LogP contribution in [-0.4, -0.2) is 41.2 Å². The van der Waals surface area contributed by atoms with Gasteiger partial charge in [-0.05, 0) is 59.7 Å². The average molecular weight is 551 g/mol. The molecule has 2 bridgehead atoms. The first-order valence-electron chi connectivity index (χ1n) is 14.4. The van der Waals surface area contributed by atoms with E-state index in [1.54, 1.807) is 6.07 Å². The molecule has 1 saturated heterocycles. The maximum Gasteiger partial charge on any atom is 0.329 e. The zero-order valence-corrected chi connectivity index (χ0v) is 23.6. The summed E-state index contributed by atoms with van der Waals surface area (Å²) in [5.41, 5.74) is 6.93. The smallest absolute Gasteiger partial charge is 0.329 e. The van der Waals surface area contributed by atoms with Crippen LogP contribution in [0.15, 0.2) is 66.7 Å². The number of nitrogens with zero attached hydrogens (tertiary/aromatic N) is 1. The molecule has 1 fully saturated rings. The van der Waals surface area contributed by atoms with Crippen molar-refractivity contribution in [3.05, 3.63) is 100 Å². The van der Waals surface area contributed by atoms with Crippen LogP contribution >= 0.6 is 0 Å². The Hall–Kier alpha value is -4.26. The summed E-state index contributed by atoms with van der Waals surface area (Å²) in [5.74, 6) is -3.47. The van der Waals surface area contributed by atoms with Crippen molar-refractivity contribution in [2.24, 2.45) is 11.8 Å². The molecule has 0 radical (unpaired) electrons. The Morgan fingerprint density at radius 3 is 1.88 bits per heavy atom. The van der Waals surface area contributed by atoms with Crippen LogP contribution in [0.4, 0.5) is 5.69 Å². The van der Waals surface area contributed by atoms with E-state index < -0.39 is 36.4 Å². The van der Waals surface area contributed by atoms with Crippen LogP contribution in [0.2, 0.25) is 0 Å². The van der Waals surface area contributed by atoms with E-state index in [1.165, 1.54) is 4.90 Å². The first-order chi connectivity index (χ1) is 19.8. The molecule has 210 valence electrons. The van der Waals surface area contributed by atoms with Gasteiger partial charge in [-0.15, -0.1) is 0 Å². The van der Waals surface area contributed by atoms with Gasteiger partial charge in [0, 0.05) is 17.5 Å². The van der Waals surface area contributed by atoms with E-state index in [-0.39, 0.29) is 23.7 Å². The molecule has 3 aliphatic carbocycles. The van der Waals surface area contributed by atoms with Gasteiger partial charge in [-0.3, -0.25) is 19.3 Å². The Labute approximate surface area is 239 Å². The third kappa shape index (κ3) is 4.35. The number of amides is 3. The summed E-state index contributed by atoms with van der Waals surface area (Å²) < 4.78 is 5.46. The predicted molar refractivity (Wildman–Crippen MR) is 154 cm³/mol. The van der Waals surface area contributed by atoms with Crippen LogP contribution < -0.4 is 5.32 Å². The van der Waals surface area contributed by atoms with Crippen molar-refractivity contribution in [2.45, 2.75) is 57.9 Å². The van der Waals surface area contributed by atoms with Gasteiger partial charge < -0.3 is 10.1 Å². The standard InChI is InChI=1S/C34H34N2O5/c1-4-5-17-26(34(40)41-18-27(37)35-25-16-10-11-19(2)20(25)3)36-32(38)30-28-21-12-6-7-13-22(21)29(31(30)33(36)39)24-15-9-8-14-23(24)28/h6-16,26,28-31H,4-5,17-18H2,1-3H3,(H,35,37)/t26-,28?,29?,30-,31+/m0/s1. The highest BCUT2D eigenvalue weighted by Gasteiger charge is 2.63. The average Bonchev–Trinajstić information content (AvgIpc) is 3.24. The second kappa shape index (κ2) is 10.6. The molecule has 3 aromatic rings. The molecule has 0 spiro atoms. The minimum Gasteiger partial charge on any atom is -0.454 e. The van der Waals surface area contributed by atoms with Crippen molar-refractivity contribution in [1.82, 2.24) is 4.90 Å². The van der Waals surface area contributed by atoms with Gasteiger partial charge in [0.05, 0.1) is 11.8 Å². The first-order valence-corrected chi connectivity index (χ1v) is 14.4. The number of likely N-dealkylation sites (tertiary alicyclic amines) is 1. The van der Waals surface area contributed by atoms with E-state index in [4.69, 9.17) is 4.74 Å². The van der Waals surface area contributed by atoms with Crippen LogP contribution in [0.1, 0.15) is 71.4 Å². The molecule has 7 nitrogen and oxygen atoms in total. The quantitative estimate of drug-likeness (QED) is 0.306. The van der Waals surface area contributed by atoms with E-state index in [1.807, 2.05) is 57.2 Å². The van der Waals surface area contributed by atoms with Crippen LogP contribution in [0.5, 0.6) is 0 Å². The van der Waals surface area contributed by atoms with Gasteiger partial charge in [0.2, 0.25) is 11.8 Å². The van der Waals surface area contributed by atoms with Crippen LogP contribution in [-0.2, 0) is 23.9 Å². The van der Waals surface area contributed by atoms with Crippen LogP contribution in [0.25, 0.3) is 0 Å². The molecule has 7 rings (SSSR count). The summed E-state index contributed by atoms with van der Waals surface area (Å²) in [5, 5.41) is 2.79. The third-order valence-corrected chi connectivity index (χ3v) is 9.12. The Balaban J connectivity index is 1.26. The van der Waals surface area contributed by atoms with Crippen molar-refractivity contribution in [3.8, 4) is 0 Å². The number of carbonyl (C=O) groups is 4. The summed E-state index contributed by atoms with van der Waals surface area (Å²) in [6.07, 6.45) is 1.70. The topological polar surface area (TPSA) is 92.8 Å². The second-order valence-corrected chi connectivity index (χ2v) is 11.4. The molecule has 0 aromatic heterocycles. The number of esters is 1. The molecule has 1 heterocycles. The summed E-state index contributed by atoms with van der Waals surface area (Å²) >= 11 is 0. The highest BCUT2D eigenvalue weighted by atomic mass is 16.5. The third-order valence-electron chi connectivity index (χ3n) is 9.12. The van der Waals surface area contributed by atoms with Crippen molar-refractivity contribution >= 4 is 29.4 Å². The molecule has 41 heavy (non-hydrogen) atoms. The lowest BCUT2D eigenvalue weighted by atomic mass is 9.55. The minimum atomic E-state index is -1.07. The number of unbranched alkanes of at least 4 members (excludes halogenated alkanes) is 1. The number of anilines is 1. The molecule has 1 aliphatic heterocycles. The zero-order chi connectivity index (χ0) is 28.8. The van der Waals surface area contributed by atoms with Crippen molar-refractivity contribution < 1.29 is 23.9 Å².